The van der Waals surface area contributed by atoms with Crippen molar-refractivity contribution in [2.45, 2.75) is 43.9 Å². The van der Waals surface area contributed by atoms with E-state index in [1.54, 1.807) is 0 Å². The van der Waals surface area contributed by atoms with Crippen LogP contribution in [0.15, 0.2) is 24.3 Å². The molecule has 1 saturated heterocycles. The minimum Gasteiger partial charge on any atom is -0.312 e. The van der Waals surface area contributed by atoms with Gasteiger partial charge in [-0.15, -0.1) is 0 Å². The van der Waals surface area contributed by atoms with Gasteiger partial charge in [0.15, 0.2) is 0 Å². The molecular weight excluding hydrogens is 278 g/mol. The summed E-state index contributed by atoms with van der Waals surface area (Å²) in [7, 11) is 2.04. The van der Waals surface area contributed by atoms with Gasteiger partial charge in [0.1, 0.15) is 0 Å². The van der Waals surface area contributed by atoms with E-state index in [1.807, 2.05) is 11.7 Å². The quantitative estimate of drug-likeness (QED) is 0.918. The molecule has 0 amide bonds. The molecule has 2 aromatic rings. The van der Waals surface area contributed by atoms with Crippen molar-refractivity contribution < 1.29 is 0 Å². The molecule has 1 aliphatic rings. The van der Waals surface area contributed by atoms with Crippen molar-refractivity contribution in [3.05, 3.63) is 30.0 Å². The third kappa shape index (κ3) is 2.84. The van der Waals surface area contributed by atoms with E-state index in [2.05, 4.69) is 55.2 Å². The van der Waals surface area contributed by atoms with Crippen molar-refractivity contribution in [2.75, 3.05) is 12.3 Å². The second-order valence-electron chi connectivity index (χ2n) is 6.17. The molecule has 1 fully saturated rings. The first-order valence-corrected chi connectivity index (χ1v) is 8.90. The molecule has 21 heavy (non-hydrogen) atoms. The Morgan fingerprint density at radius 2 is 2.24 bits per heavy atom. The first-order chi connectivity index (χ1) is 10.1. The Balaban J connectivity index is 1.91. The lowest BCUT2D eigenvalue weighted by molar-refractivity contribution is 0.403. The fourth-order valence-electron chi connectivity index (χ4n) is 3.46. The van der Waals surface area contributed by atoms with Crippen LogP contribution in [0, 0.1) is 0 Å². The van der Waals surface area contributed by atoms with Gasteiger partial charge in [0.2, 0.25) is 0 Å². The topological polar surface area (TPSA) is 29.9 Å². The summed E-state index contributed by atoms with van der Waals surface area (Å²) in [5.41, 5.74) is 2.46. The number of para-hydroxylation sites is 1. The maximum absolute atomic E-state index is 4.78. The fraction of sp³-hybridized carbons (Fsp3) is 0.588. The lowest BCUT2D eigenvalue weighted by Gasteiger charge is -2.33. The lowest BCUT2D eigenvalue weighted by Crippen LogP contribution is -2.46. The number of hydrogen-bond acceptors (Lipinski definition) is 3. The van der Waals surface area contributed by atoms with Gasteiger partial charge in [0, 0.05) is 29.6 Å². The Kier molecular flexibility index (Phi) is 4.27. The fourth-order valence-corrected chi connectivity index (χ4v) is 4.87. The molecule has 3 nitrogen and oxygen atoms in total. The molecule has 3 rings (SSSR count). The maximum Gasteiger partial charge on any atom is 0.0719 e. The van der Waals surface area contributed by atoms with Crippen molar-refractivity contribution in [2.24, 2.45) is 7.05 Å². The highest BCUT2D eigenvalue weighted by Gasteiger charge is 2.38. The van der Waals surface area contributed by atoms with Crippen molar-refractivity contribution in [1.29, 1.82) is 0 Å². The molecule has 1 aromatic heterocycles. The van der Waals surface area contributed by atoms with Crippen LogP contribution in [-0.2, 0) is 13.5 Å². The molecule has 1 aliphatic heterocycles. The van der Waals surface area contributed by atoms with Crippen molar-refractivity contribution >= 4 is 22.7 Å². The number of hydrogen-bond donors (Lipinski definition) is 1. The monoisotopic (exact) mass is 303 g/mol. The van der Waals surface area contributed by atoms with Crippen LogP contribution in [-0.4, -0.2) is 32.9 Å². The predicted octanol–water partition coefficient (Wildman–Crippen LogP) is 3.38. The number of rotatable bonds is 5. The maximum atomic E-state index is 4.78. The zero-order valence-electron chi connectivity index (χ0n) is 13.2. The smallest absolute Gasteiger partial charge is 0.0719 e. The summed E-state index contributed by atoms with van der Waals surface area (Å²) in [5, 5.41) is 9.80. The molecule has 4 heteroatoms. The first kappa shape index (κ1) is 14.9. The van der Waals surface area contributed by atoms with Gasteiger partial charge in [-0.1, -0.05) is 25.1 Å². The summed E-state index contributed by atoms with van der Waals surface area (Å²) < 4.78 is 2.35. The van der Waals surface area contributed by atoms with Crippen LogP contribution in [0.3, 0.4) is 0 Å². The van der Waals surface area contributed by atoms with Gasteiger partial charge < -0.3 is 5.32 Å². The van der Waals surface area contributed by atoms with E-state index in [-0.39, 0.29) is 0 Å². The molecular formula is C17H25N3S. The number of aryl methyl sites for hydroxylation is 1. The molecule has 1 aromatic carbocycles. The third-order valence-electron chi connectivity index (χ3n) is 4.67. The number of fused-ring (bicyclic) bond motifs is 1. The number of aromatic nitrogens is 2. The van der Waals surface area contributed by atoms with Gasteiger partial charge in [-0.05, 0) is 38.1 Å². The van der Waals surface area contributed by atoms with E-state index in [1.165, 1.54) is 35.2 Å². The van der Waals surface area contributed by atoms with E-state index in [0.717, 1.165) is 13.0 Å². The van der Waals surface area contributed by atoms with E-state index in [9.17, 15) is 0 Å². The molecule has 2 unspecified atom stereocenters. The van der Waals surface area contributed by atoms with Crippen molar-refractivity contribution in [3.8, 4) is 0 Å². The van der Waals surface area contributed by atoms with Gasteiger partial charge in [-0.2, -0.15) is 16.9 Å². The highest BCUT2D eigenvalue weighted by molar-refractivity contribution is 8.00. The molecule has 114 valence electrons. The Hall–Kier alpha value is -1.00. The Bertz CT molecular complexity index is 614. The summed E-state index contributed by atoms with van der Waals surface area (Å²) in [4.78, 5) is 0. The second-order valence-corrected chi connectivity index (χ2v) is 7.80. The van der Waals surface area contributed by atoms with Crippen LogP contribution in [0.25, 0.3) is 10.9 Å². The lowest BCUT2D eigenvalue weighted by atomic mass is 9.91. The summed E-state index contributed by atoms with van der Waals surface area (Å²) >= 11 is 2.13. The molecule has 0 bridgehead atoms. The first-order valence-electron chi connectivity index (χ1n) is 7.92. The average molecular weight is 303 g/mol. The molecule has 1 N–H and O–H groups in total. The largest absolute Gasteiger partial charge is 0.312 e. The predicted molar refractivity (Wildman–Crippen MR) is 92.0 cm³/mol. The minimum atomic E-state index is 0.342. The van der Waals surface area contributed by atoms with Crippen LogP contribution in [0.1, 0.15) is 32.4 Å². The highest BCUT2D eigenvalue weighted by Crippen LogP contribution is 2.41. The van der Waals surface area contributed by atoms with E-state index >= 15 is 0 Å². The molecule has 0 radical (unpaired) electrons. The molecule has 2 heterocycles. The number of thioether (sulfide) groups is 1. The molecule has 0 saturated carbocycles. The van der Waals surface area contributed by atoms with Crippen LogP contribution in [0.2, 0.25) is 0 Å². The molecule has 0 aliphatic carbocycles. The zero-order chi connectivity index (χ0) is 14.9. The molecule has 0 spiro atoms. The van der Waals surface area contributed by atoms with E-state index in [0.29, 0.717) is 10.8 Å². The van der Waals surface area contributed by atoms with E-state index < -0.39 is 0 Å². The Labute approximate surface area is 131 Å². The second kappa shape index (κ2) is 6.01. The third-order valence-corrected chi connectivity index (χ3v) is 6.31. The number of likely N-dealkylation sites (N-methyl/N-ethyl adjacent to an activating group) is 1. The minimum absolute atomic E-state index is 0.342. The summed E-state index contributed by atoms with van der Waals surface area (Å²) in [6.45, 7) is 5.64. The van der Waals surface area contributed by atoms with Gasteiger partial charge in [0.25, 0.3) is 0 Å². The van der Waals surface area contributed by atoms with Crippen LogP contribution >= 0.6 is 11.8 Å². The number of nitrogens with zero attached hydrogens (tertiary/aromatic N) is 2. The SMILES string of the molecule is CCNC(Cc1nn(C)c2ccccc12)C1(C)CCCS1. The highest BCUT2D eigenvalue weighted by atomic mass is 32.2. The van der Waals surface area contributed by atoms with E-state index in [4.69, 9.17) is 5.10 Å². The number of benzene rings is 1. The summed E-state index contributed by atoms with van der Waals surface area (Å²) in [5.74, 6) is 1.29. The van der Waals surface area contributed by atoms with Gasteiger partial charge >= 0.3 is 0 Å². The van der Waals surface area contributed by atoms with Gasteiger partial charge in [0.05, 0.1) is 11.2 Å². The van der Waals surface area contributed by atoms with Gasteiger partial charge in [-0.3, -0.25) is 4.68 Å². The Morgan fingerprint density at radius 3 is 2.95 bits per heavy atom. The van der Waals surface area contributed by atoms with Crippen molar-refractivity contribution in [3.63, 3.8) is 0 Å². The van der Waals surface area contributed by atoms with Crippen molar-refractivity contribution in [1.82, 2.24) is 15.1 Å². The van der Waals surface area contributed by atoms with Crippen LogP contribution < -0.4 is 5.32 Å². The van der Waals surface area contributed by atoms with Crippen LogP contribution in [0.4, 0.5) is 0 Å². The average Bonchev–Trinajstić information content (AvgIpc) is 3.05. The van der Waals surface area contributed by atoms with Gasteiger partial charge in [-0.25, -0.2) is 0 Å². The standard InChI is InChI=1S/C17H25N3S/c1-4-18-16(17(2)10-7-11-21-17)12-14-13-8-5-6-9-15(13)20(3)19-14/h5-6,8-9,16,18H,4,7,10-12H2,1-3H3. The normalized spacial score (nSPS) is 23.8. The zero-order valence-corrected chi connectivity index (χ0v) is 14.0. The summed E-state index contributed by atoms with van der Waals surface area (Å²) in [6, 6.07) is 9.05. The molecule has 2 atom stereocenters. The number of nitrogens with one attached hydrogen (secondary N) is 1. The summed E-state index contributed by atoms with van der Waals surface area (Å²) in [6.07, 6.45) is 3.66. The van der Waals surface area contributed by atoms with Crippen LogP contribution in [0.5, 0.6) is 0 Å². The Morgan fingerprint density at radius 1 is 1.43 bits per heavy atom.